The highest BCUT2D eigenvalue weighted by Gasteiger charge is 2.12. The van der Waals surface area contributed by atoms with E-state index in [1.807, 2.05) is 13.8 Å². The number of pyridine rings is 1. The molecule has 0 amide bonds. The smallest absolute Gasteiger partial charge is 0.337 e. The van der Waals surface area contributed by atoms with Crippen LogP contribution < -0.4 is 0 Å². The molecule has 0 aliphatic heterocycles. The summed E-state index contributed by atoms with van der Waals surface area (Å²) in [6, 6.07) is 3.21. The van der Waals surface area contributed by atoms with E-state index in [-0.39, 0.29) is 18.3 Å². The Labute approximate surface area is 83.2 Å². The summed E-state index contributed by atoms with van der Waals surface area (Å²) in [4.78, 5) is 14.7. The quantitative estimate of drug-likeness (QED) is 0.799. The van der Waals surface area contributed by atoms with Crippen molar-refractivity contribution >= 4 is 18.4 Å². The van der Waals surface area contributed by atoms with Crippen molar-refractivity contribution in [1.29, 1.82) is 0 Å². The molecule has 0 spiro atoms. The van der Waals surface area contributed by atoms with Gasteiger partial charge in [-0.1, -0.05) is 13.8 Å². The van der Waals surface area contributed by atoms with E-state index in [9.17, 15) is 4.79 Å². The van der Waals surface area contributed by atoms with Crippen LogP contribution in [0.15, 0.2) is 18.3 Å². The molecule has 0 bridgehead atoms. The molecule has 1 rings (SSSR count). The molecule has 72 valence electrons. The van der Waals surface area contributed by atoms with E-state index in [1.54, 1.807) is 18.3 Å². The fraction of sp³-hybridized carbons (Fsp3) is 0.333. The van der Waals surface area contributed by atoms with Crippen LogP contribution in [0.1, 0.15) is 35.8 Å². The summed E-state index contributed by atoms with van der Waals surface area (Å²) < 4.78 is 0. The summed E-state index contributed by atoms with van der Waals surface area (Å²) in [5.41, 5.74) is 0.942. The Morgan fingerprint density at radius 1 is 1.54 bits per heavy atom. The zero-order chi connectivity index (χ0) is 9.14. The minimum atomic E-state index is -0.910. The summed E-state index contributed by atoms with van der Waals surface area (Å²) >= 11 is 0. The molecule has 0 aliphatic rings. The van der Waals surface area contributed by atoms with Crippen molar-refractivity contribution in [2.24, 2.45) is 0 Å². The van der Waals surface area contributed by atoms with Gasteiger partial charge in [0.1, 0.15) is 0 Å². The lowest BCUT2D eigenvalue weighted by Crippen LogP contribution is -2.05. The zero-order valence-corrected chi connectivity index (χ0v) is 8.34. The largest absolute Gasteiger partial charge is 0.478 e. The van der Waals surface area contributed by atoms with Crippen molar-refractivity contribution in [3.8, 4) is 0 Å². The SMILES string of the molecule is CC(C)c1ncccc1C(=O)O.Cl. The van der Waals surface area contributed by atoms with E-state index in [0.717, 1.165) is 0 Å². The highest BCUT2D eigenvalue weighted by Crippen LogP contribution is 2.15. The van der Waals surface area contributed by atoms with Crippen LogP contribution in [0.3, 0.4) is 0 Å². The van der Waals surface area contributed by atoms with E-state index in [4.69, 9.17) is 5.11 Å². The molecule has 0 saturated heterocycles. The first-order valence-electron chi connectivity index (χ1n) is 3.81. The predicted octanol–water partition coefficient (Wildman–Crippen LogP) is 2.33. The first-order valence-corrected chi connectivity index (χ1v) is 3.81. The van der Waals surface area contributed by atoms with Crippen LogP contribution in [-0.2, 0) is 0 Å². The van der Waals surface area contributed by atoms with Crippen LogP contribution in [0.5, 0.6) is 0 Å². The summed E-state index contributed by atoms with van der Waals surface area (Å²) in [5, 5.41) is 8.77. The third kappa shape index (κ3) is 2.70. The molecule has 0 saturated carbocycles. The second-order valence-electron chi connectivity index (χ2n) is 2.90. The normalized spacial score (nSPS) is 9.46. The van der Waals surface area contributed by atoms with Gasteiger partial charge >= 0.3 is 5.97 Å². The number of halogens is 1. The topological polar surface area (TPSA) is 50.2 Å². The number of carboxylic acid groups (broad SMARTS) is 1. The average molecular weight is 202 g/mol. The summed E-state index contributed by atoms with van der Waals surface area (Å²) in [7, 11) is 0. The highest BCUT2D eigenvalue weighted by atomic mass is 35.5. The fourth-order valence-corrected chi connectivity index (χ4v) is 1.06. The molecule has 0 unspecified atom stereocenters. The molecule has 0 aliphatic carbocycles. The highest BCUT2D eigenvalue weighted by molar-refractivity contribution is 5.88. The summed E-state index contributed by atoms with van der Waals surface area (Å²) in [6.07, 6.45) is 1.61. The van der Waals surface area contributed by atoms with Gasteiger partial charge in [-0.3, -0.25) is 4.98 Å². The number of carbonyl (C=O) groups is 1. The molecule has 0 aromatic carbocycles. The van der Waals surface area contributed by atoms with E-state index < -0.39 is 5.97 Å². The maximum Gasteiger partial charge on any atom is 0.337 e. The Morgan fingerprint density at radius 3 is 2.54 bits per heavy atom. The van der Waals surface area contributed by atoms with Crippen LogP contribution in [0, 0.1) is 0 Å². The number of aromatic carboxylic acids is 1. The van der Waals surface area contributed by atoms with Crippen LogP contribution in [0.2, 0.25) is 0 Å². The van der Waals surface area contributed by atoms with Gasteiger partial charge in [0.2, 0.25) is 0 Å². The third-order valence-electron chi connectivity index (χ3n) is 1.62. The van der Waals surface area contributed by atoms with E-state index in [0.29, 0.717) is 11.3 Å². The molecule has 1 N–H and O–H groups in total. The Kier molecular flexibility index (Phi) is 4.42. The van der Waals surface area contributed by atoms with Crippen molar-refractivity contribution in [2.75, 3.05) is 0 Å². The summed E-state index contributed by atoms with van der Waals surface area (Å²) in [6.45, 7) is 3.85. The van der Waals surface area contributed by atoms with Gasteiger partial charge in [0.05, 0.1) is 11.3 Å². The lowest BCUT2D eigenvalue weighted by Gasteiger charge is -2.06. The fourth-order valence-electron chi connectivity index (χ4n) is 1.06. The van der Waals surface area contributed by atoms with Crippen molar-refractivity contribution in [2.45, 2.75) is 19.8 Å². The van der Waals surface area contributed by atoms with Gasteiger partial charge in [0.15, 0.2) is 0 Å². The van der Waals surface area contributed by atoms with Crippen molar-refractivity contribution in [3.05, 3.63) is 29.6 Å². The van der Waals surface area contributed by atoms with Crippen molar-refractivity contribution in [1.82, 2.24) is 4.98 Å². The monoisotopic (exact) mass is 201 g/mol. The molecule has 4 heteroatoms. The second-order valence-corrected chi connectivity index (χ2v) is 2.90. The lowest BCUT2D eigenvalue weighted by atomic mass is 10.0. The minimum Gasteiger partial charge on any atom is -0.478 e. The standard InChI is InChI=1S/C9H11NO2.ClH/c1-6(2)8-7(9(11)12)4-3-5-10-8;/h3-6H,1-2H3,(H,11,12);1H. The van der Waals surface area contributed by atoms with Gasteiger partial charge in [0.25, 0.3) is 0 Å². The number of carboxylic acids is 1. The molecule has 3 nitrogen and oxygen atoms in total. The predicted molar refractivity (Wildman–Crippen MR) is 52.5 cm³/mol. The molecular weight excluding hydrogens is 190 g/mol. The van der Waals surface area contributed by atoms with Crippen LogP contribution in [0.4, 0.5) is 0 Å². The number of hydrogen-bond donors (Lipinski definition) is 1. The molecular formula is C9H12ClNO2. The van der Waals surface area contributed by atoms with Gasteiger partial charge < -0.3 is 5.11 Å². The van der Waals surface area contributed by atoms with E-state index in [1.165, 1.54) is 0 Å². The van der Waals surface area contributed by atoms with Crippen LogP contribution in [0.25, 0.3) is 0 Å². The van der Waals surface area contributed by atoms with Gasteiger partial charge in [-0.25, -0.2) is 4.79 Å². The molecule has 0 radical (unpaired) electrons. The number of aromatic nitrogens is 1. The average Bonchev–Trinajstić information content (AvgIpc) is 2.04. The first kappa shape index (κ1) is 11.9. The van der Waals surface area contributed by atoms with E-state index >= 15 is 0 Å². The molecule has 1 heterocycles. The van der Waals surface area contributed by atoms with E-state index in [2.05, 4.69) is 4.98 Å². The van der Waals surface area contributed by atoms with Crippen LogP contribution >= 0.6 is 12.4 Å². The third-order valence-corrected chi connectivity index (χ3v) is 1.62. The Bertz CT molecular complexity index is 299. The maximum atomic E-state index is 10.7. The molecule has 0 fully saturated rings. The maximum absolute atomic E-state index is 10.7. The minimum absolute atomic E-state index is 0. The van der Waals surface area contributed by atoms with Gasteiger partial charge in [-0.2, -0.15) is 0 Å². The Hall–Kier alpha value is -1.09. The molecule has 13 heavy (non-hydrogen) atoms. The lowest BCUT2D eigenvalue weighted by molar-refractivity contribution is 0.0694. The van der Waals surface area contributed by atoms with Gasteiger partial charge in [-0.05, 0) is 18.1 Å². The van der Waals surface area contributed by atoms with Crippen molar-refractivity contribution in [3.63, 3.8) is 0 Å². The van der Waals surface area contributed by atoms with Crippen molar-refractivity contribution < 1.29 is 9.90 Å². The molecule has 1 aromatic heterocycles. The number of nitrogens with zero attached hydrogens (tertiary/aromatic N) is 1. The van der Waals surface area contributed by atoms with Gasteiger partial charge in [-0.15, -0.1) is 12.4 Å². The summed E-state index contributed by atoms with van der Waals surface area (Å²) in [5.74, 6) is -0.760. The first-order chi connectivity index (χ1) is 5.63. The molecule has 0 atom stereocenters. The number of hydrogen-bond acceptors (Lipinski definition) is 2. The Morgan fingerprint density at radius 2 is 2.15 bits per heavy atom. The molecule has 1 aromatic rings. The second kappa shape index (κ2) is 4.82. The van der Waals surface area contributed by atoms with Gasteiger partial charge in [0, 0.05) is 6.20 Å². The number of rotatable bonds is 2. The van der Waals surface area contributed by atoms with Crippen LogP contribution in [-0.4, -0.2) is 16.1 Å². The Balaban J connectivity index is 0.00000144. The zero-order valence-electron chi connectivity index (χ0n) is 7.52.